The predicted molar refractivity (Wildman–Crippen MR) is 75.7 cm³/mol. The topological polar surface area (TPSA) is 158 Å². The van der Waals surface area contributed by atoms with Crippen molar-refractivity contribution < 1.29 is 18.1 Å². The fourth-order valence-corrected chi connectivity index (χ4v) is 3.26. The van der Waals surface area contributed by atoms with Crippen LogP contribution < -0.4 is 16.2 Å². The van der Waals surface area contributed by atoms with Crippen molar-refractivity contribution in [2.24, 2.45) is 11.7 Å². The number of nitro benzene ring substituents is 1. The molecule has 21 heavy (non-hydrogen) atoms. The number of carbonyl (C=O) groups excluding carboxylic acids is 1. The fraction of sp³-hybridized carbons (Fsp3) is 0.364. The number of nitrogens with one attached hydrogen (secondary N) is 1. The lowest BCUT2D eigenvalue weighted by molar-refractivity contribution is -0.386. The van der Waals surface area contributed by atoms with Crippen LogP contribution in [0.1, 0.15) is 13.8 Å². The van der Waals surface area contributed by atoms with Crippen LogP contribution in [0.5, 0.6) is 0 Å². The van der Waals surface area contributed by atoms with E-state index >= 15 is 0 Å². The first kappa shape index (κ1) is 16.9. The quantitative estimate of drug-likeness (QED) is 0.379. The lowest BCUT2D eigenvalue weighted by atomic mass is 10.1. The predicted octanol–water partition coefficient (Wildman–Crippen LogP) is -0.0348. The Labute approximate surface area is 121 Å². The summed E-state index contributed by atoms with van der Waals surface area (Å²) < 4.78 is 26.6. The standard InChI is InChI=1S/C11H16N4O5S/c1-6(2)9(11(13)16)14-21(19,20)8-5-3-4-7(12)10(8)15(17)18/h3-6,9,14H,12H2,1-2H3,(H2,13,16). The third kappa shape index (κ3) is 3.67. The van der Waals surface area contributed by atoms with E-state index in [-0.39, 0.29) is 5.69 Å². The summed E-state index contributed by atoms with van der Waals surface area (Å²) >= 11 is 0. The third-order valence-corrected chi connectivity index (χ3v) is 4.23. The Balaban J connectivity index is 3.36. The Bertz CT molecular complexity index is 671. The molecule has 9 nitrogen and oxygen atoms in total. The highest BCUT2D eigenvalue weighted by atomic mass is 32.2. The highest BCUT2D eigenvalue weighted by Crippen LogP contribution is 2.29. The van der Waals surface area contributed by atoms with Crippen LogP contribution in [-0.2, 0) is 14.8 Å². The highest BCUT2D eigenvalue weighted by Gasteiger charge is 2.32. The lowest BCUT2D eigenvalue weighted by Gasteiger charge is -2.19. The zero-order valence-corrected chi connectivity index (χ0v) is 12.3. The molecule has 0 bridgehead atoms. The summed E-state index contributed by atoms with van der Waals surface area (Å²) in [5.74, 6) is -1.29. The molecule has 0 saturated carbocycles. The van der Waals surface area contributed by atoms with Crippen molar-refractivity contribution in [2.75, 3.05) is 5.73 Å². The van der Waals surface area contributed by atoms with Gasteiger partial charge in [-0.2, -0.15) is 4.72 Å². The molecule has 0 saturated heterocycles. The molecule has 116 valence electrons. The first-order valence-electron chi connectivity index (χ1n) is 5.92. The van der Waals surface area contributed by atoms with Crippen LogP contribution in [0.15, 0.2) is 23.1 Å². The van der Waals surface area contributed by atoms with E-state index < -0.39 is 43.4 Å². The van der Waals surface area contributed by atoms with Gasteiger partial charge in [0, 0.05) is 0 Å². The Morgan fingerprint density at radius 2 is 1.95 bits per heavy atom. The Morgan fingerprint density at radius 1 is 1.38 bits per heavy atom. The molecule has 1 aromatic rings. The number of sulfonamides is 1. The molecule has 0 fully saturated rings. The van der Waals surface area contributed by atoms with Gasteiger partial charge in [0.1, 0.15) is 11.7 Å². The number of nitrogens with zero attached hydrogens (tertiary/aromatic N) is 1. The number of benzene rings is 1. The molecule has 0 aliphatic rings. The molecule has 0 aromatic heterocycles. The second-order valence-electron chi connectivity index (χ2n) is 4.70. The molecule has 0 aliphatic carbocycles. The minimum Gasteiger partial charge on any atom is -0.393 e. The molecule has 0 heterocycles. The van der Waals surface area contributed by atoms with E-state index in [0.29, 0.717) is 0 Å². The number of para-hydroxylation sites is 1. The fourth-order valence-electron chi connectivity index (χ4n) is 1.70. The summed E-state index contributed by atoms with van der Waals surface area (Å²) in [6.45, 7) is 3.18. The average molecular weight is 316 g/mol. The van der Waals surface area contributed by atoms with Crippen molar-refractivity contribution in [1.29, 1.82) is 0 Å². The van der Waals surface area contributed by atoms with E-state index in [9.17, 15) is 23.3 Å². The number of nitro groups is 1. The van der Waals surface area contributed by atoms with Gasteiger partial charge in [0.05, 0.1) is 4.92 Å². The van der Waals surface area contributed by atoms with Crippen molar-refractivity contribution in [3.05, 3.63) is 28.3 Å². The van der Waals surface area contributed by atoms with Crippen molar-refractivity contribution in [2.45, 2.75) is 24.8 Å². The van der Waals surface area contributed by atoms with E-state index in [1.54, 1.807) is 13.8 Å². The SMILES string of the molecule is CC(C)C(NS(=O)(=O)c1cccc(N)c1[N+](=O)[O-])C(N)=O. The minimum absolute atomic E-state index is 0.289. The molecule has 1 aromatic carbocycles. The van der Waals surface area contributed by atoms with Crippen molar-refractivity contribution >= 4 is 27.3 Å². The summed E-state index contributed by atoms with van der Waals surface area (Å²) in [6, 6.07) is 2.34. The summed E-state index contributed by atoms with van der Waals surface area (Å²) in [6.07, 6.45) is 0. The monoisotopic (exact) mass is 316 g/mol. The second-order valence-corrected chi connectivity index (χ2v) is 6.38. The second kappa shape index (κ2) is 6.06. The van der Waals surface area contributed by atoms with E-state index in [1.807, 2.05) is 0 Å². The average Bonchev–Trinajstić information content (AvgIpc) is 2.34. The van der Waals surface area contributed by atoms with E-state index in [0.717, 1.165) is 6.07 Å². The molecule has 1 atom stereocenters. The van der Waals surface area contributed by atoms with Gasteiger partial charge in [-0.1, -0.05) is 19.9 Å². The van der Waals surface area contributed by atoms with Crippen molar-refractivity contribution in [3.8, 4) is 0 Å². The van der Waals surface area contributed by atoms with E-state index in [2.05, 4.69) is 4.72 Å². The summed E-state index contributed by atoms with van der Waals surface area (Å²) in [4.78, 5) is 20.8. The van der Waals surface area contributed by atoms with Gasteiger partial charge < -0.3 is 11.5 Å². The molecule has 10 heteroatoms. The largest absolute Gasteiger partial charge is 0.393 e. The molecular weight excluding hydrogens is 300 g/mol. The van der Waals surface area contributed by atoms with Gasteiger partial charge in [-0.25, -0.2) is 8.42 Å². The van der Waals surface area contributed by atoms with Crippen LogP contribution in [0.3, 0.4) is 0 Å². The van der Waals surface area contributed by atoms with Crippen molar-refractivity contribution in [1.82, 2.24) is 4.72 Å². The Hall–Kier alpha value is -2.20. The number of hydrogen-bond donors (Lipinski definition) is 3. The molecular formula is C11H16N4O5S. The van der Waals surface area contributed by atoms with Crippen LogP contribution in [-0.4, -0.2) is 25.3 Å². The zero-order chi connectivity index (χ0) is 16.4. The maximum absolute atomic E-state index is 12.3. The van der Waals surface area contributed by atoms with Crippen LogP contribution in [0.25, 0.3) is 0 Å². The van der Waals surface area contributed by atoms with E-state index in [4.69, 9.17) is 11.5 Å². The maximum atomic E-state index is 12.3. The van der Waals surface area contributed by atoms with Crippen LogP contribution in [0.4, 0.5) is 11.4 Å². The van der Waals surface area contributed by atoms with Gasteiger partial charge in [-0.05, 0) is 18.1 Å². The number of nitrogen functional groups attached to an aromatic ring is 1. The van der Waals surface area contributed by atoms with Crippen molar-refractivity contribution in [3.63, 3.8) is 0 Å². The van der Waals surface area contributed by atoms with Gasteiger partial charge >= 0.3 is 5.69 Å². The normalized spacial score (nSPS) is 13.1. The zero-order valence-electron chi connectivity index (χ0n) is 11.4. The lowest BCUT2D eigenvalue weighted by Crippen LogP contribution is -2.47. The Kier molecular flexibility index (Phi) is 4.86. The minimum atomic E-state index is -4.32. The third-order valence-electron chi connectivity index (χ3n) is 2.76. The van der Waals surface area contributed by atoms with Gasteiger partial charge in [0.15, 0.2) is 4.90 Å². The first-order chi connectivity index (χ1) is 9.58. The van der Waals surface area contributed by atoms with Gasteiger partial charge in [-0.3, -0.25) is 14.9 Å². The summed E-state index contributed by atoms with van der Waals surface area (Å²) in [5, 5.41) is 11.0. The molecule has 5 N–H and O–H groups in total. The maximum Gasteiger partial charge on any atom is 0.312 e. The Morgan fingerprint density at radius 3 is 2.38 bits per heavy atom. The number of rotatable bonds is 6. The molecule has 0 aliphatic heterocycles. The number of amides is 1. The number of nitrogens with two attached hydrogens (primary N) is 2. The molecule has 1 rings (SSSR count). The molecule has 0 spiro atoms. The van der Waals surface area contributed by atoms with Crippen LogP contribution in [0.2, 0.25) is 0 Å². The number of hydrogen-bond acceptors (Lipinski definition) is 6. The van der Waals surface area contributed by atoms with Gasteiger partial charge in [0.25, 0.3) is 0 Å². The van der Waals surface area contributed by atoms with E-state index in [1.165, 1.54) is 12.1 Å². The van der Waals surface area contributed by atoms with Gasteiger partial charge in [-0.15, -0.1) is 0 Å². The summed E-state index contributed by atoms with van der Waals surface area (Å²) in [7, 11) is -4.32. The number of anilines is 1. The van der Waals surface area contributed by atoms with Gasteiger partial charge in [0.2, 0.25) is 15.9 Å². The number of primary amides is 1. The highest BCUT2D eigenvalue weighted by molar-refractivity contribution is 7.89. The van der Waals surface area contributed by atoms with Crippen LogP contribution >= 0.6 is 0 Å². The molecule has 1 unspecified atom stereocenters. The number of carbonyl (C=O) groups is 1. The van der Waals surface area contributed by atoms with Crippen LogP contribution in [0, 0.1) is 16.0 Å². The first-order valence-corrected chi connectivity index (χ1v) is 7.40. The molecule has 0 radical (unpaired) electrons. The molecule has 1 amide bonds. The smallest absolute Gasteiger partial charge is 0.312 e. The summed E-state index contributed by atoms with van der Waals surface area (Å²) in [5.41, 5.74) is 9.54.